The van der Waals surface area contributed by atoms with E-state index in [1.54, 1.807) is 6.33 Å². The topological polar surface area (TPSA) is 73.1 Å². The second-order valence-corrected chi connectivity index (χ2v) is 5.31. The summed E-state index contributed by atoms with van der Waals surface area (Å²) in [4.78, 5) is 25.6. The lowest BCUT2D eigenvalue weighted by molar-refractivity contribution is -0.129. The minimum absolute atomic E-state index is 0.310. The summed E-state index contributed by atoms with van der Waals surface area (Å²) in [6.45, 7) is 2.83. The van der Waals surface area contributed by atoms with Crippen molar-refractivity contribution in [1.29, 1.82) is 0 Å². The fourth-order valence-electron chi connectivity index (χ4n) is 2.48. The van der Waals surface area contributed by atoms with Crippen molar-refractivity contribution in [2.24, 2.45) is 5.92 Å². The van der Waals surface area contributed by atoms with E-state index in [2.05, 4.69) is 19.5 Å². The van der Waals surface area contributed by atoms with Gasteiger partial charge in [0.05, 0.1) is 12.9 Å². The first-order valence-corrected chi connectivity index (χ1v) is 6.55. The fraction of sp³-hybridized carbons (Fsp3) is 0.538. The molecule has 0 bridgehead atoms. The van der Waals surface area contributed by atoms with Crippen molar-refractivity contribution >= 4 is 23.5 Å². The Morgan fingerprint density at radius 3 is 3.00 bits per heavy atom. The Balaban J connectivity index is 1.96. The predicted molar refractivity (Wildman–Crippen MR) is 73.5 cm³/mol. The van der Waals surface area contributed by atoms with E-state index in [0.717, 1.165) is 29.2 Å². The summed E-state index contributed by atoms with van der Waals surface area (Å²) in [6, 6.07) is 0.310. The highest BCUT2D eigenvalue weighted by molar-refractivity contribution is 5.83. The third-order valence-electron chi connectivity index (χ3n) is 3.56. The number of fused-ring (bicyclic) bond motifs is 1. The van der Waals surface area contributed by atoms with Crippen LogP contribution in [0.4, 0.5) is 5.82 Å². The summed E-state index contributed by atoms with van der Waals surface area (Å²) in [5.74, 6) is 1.91. The monoisotopic (exact) mass is 275 g/mol. The number of carbonyl (C=O) groups excluding carboxylic acids is 1. The molecule has 0 saturated heterocycles. The molecule has 2 atom stereocenters. The van der Waals surface area contributed by atoms with Crippen LogP contribution in [-0.4, -0.2) is 46.7 Å². The SMILES string of the molecule is Cc1nc(N(C)C)c2ncn(C3CC3COC=O)c2n1. The molecule has 0 aromatic carbocycles. The van der Waals surface area contributed by atoms with Gasteiger partial charge in [-0.15, -0.1) is 0 Å². The Hall–Kier alpha value is -2.18. The van der Waals surface area contributed by atoms with Crippen molar-refractivity contribution < 1.29 is 9.53 Å². The number of rotatable bonds is 5. The highest BCUT2D eigenvalue weighted by Gasteiger charge is 2.40. The van der Waals surface area contributed by atoms with Crippen molar-refractivity contribution in [2.45, 2.75) is 19.4 Å². The number of hydrogen-bond acceptors (Lipinski definition) is 6. The molecule has 0 N–H and O–H groups in total. The molecule has 2 unspecified atom stereocenters. The predicted octanol–water partition coefficient (Wildman–Crippen LogP) is 0.935. The molecule has 106 valence electrons. The Labute approximate surface area is 116 Å². The molecule has 2 heterocycles. The molecule has 2 aromatic rings. The lowest BCUT2D eigenvalue weighted by atomic mass is 10.4. The van der Waals surface area contributed by atoms with Crippen molar-refractivity contribution in [3.05, 3.63) is 12.2 Å². The quantitative estimate of drug-likeness (QED) is 0.756. The van der Waals surface area contributed by atoms with Gasteiger partial charge in [0.1, 0.15) is 5.82 Å². The normalized spacial score (nSPS) is 20.9. The summed E-state index contributed by atoms with van der Waals surface area (Å²) in [7, 11) is 3.89. The highest BCUT2D eigenvalue weighted by Crippen LogP contribution is 2.44. The van der Waals surface area contributed by atoms with Crippen LogP contribution < -0.4 is 4.90 Å². The number of aryl methyl sites for hydroxylation is 1. The van der Waals surface area contributed by atoms with Gasteiger partial charge >= 0.3 is 0 Å². The molecular formula is C13H17N5O2. The number of aromatic nitrogens is 4. The van der Waals surface area contributed by atoms with E-state index in [-0.39, 0.29) is 0 Å². The standard InChI is InChI=1S/C13H17N5O2/c1-8-15-12(17(2)3)11-13(16-8)18(6-14-11)10-4-9(10)5-20-7-19/h6-7,9-10H,4-5H2,1-3H3. The van der Waals surface area contributed by atoms with Crippen molar-refractivity contribution in [3.63, 3.8) is 0 Å². The fourth-order valence-corrected chi connectivity index (χ4v) is 2.48. The third kappa shape index (κ3) is 2.09. The van der Waals surface area contributed by atoms with Gasteiger partial charge in [-0.25, -0.2) is 15.0 Å². The van der Waals surface area contributed by atoms with Gasteiger partial charge in [-0.1, -0.05) is 0 Å². The van der Waals surface area contributed by atoms with Gasteiger partial charge in [-0.05, 0) is 13.3 Å². The minimum Gasteiger partial charge on any atom is -0.468 e. The molecule has 2 aromatic heterocycles. The Morgan fingerprint density at radius 2 is 2.30 bits per heavy atom. The highest BCUT2D eigenvalue weighted by atomic mass is 16.5. The first-order valence-electron chi connectivity index (χ1n) is 6.55. The van der Waals surface area contributed by atoms with Crippen LogP contribution in [0.25, 0.3) is 11.2 Å². The number of anilines is 1. The lowest BCUT2D eigenvalue weighted by Crippen LogP contribution is -2.13. The van der Waals surface area contributed by atoms with Crippen LogP contribution in [0.3, 0.4) is 0 Å². The van der Waals surface area contributed by atoms with E-state index < -0.39 is 0 Å². The zero-order valence-electron chi connectivity index (χ0n) is 11.8. The summed E-state index contributed by atoms with van der Waals surface area (Å²) in [5.41, 5.74) is 1.65. The number of nitrogens with zero attached hydrogens (tertiary/aromatic N) is 5. The molecule has 0 aliphatic heterocycles. The maximum absolute atomic E-state index is 10.2. The van der Waals surface area contributed by atoms with E-state index >= 15 is 0 Å². The van der Waals surface area contributed by atoms with Gasteiger partial charge in [0.2, 0.25) is 0 Å². The Bertz CT molecular complexity index is 651. The molecule has 20 heavy (non-hydrogen) atoms. The van der Waals surface area contributed by atoms with E-state index in [1.165, 1.54) is 0 Å². The van der Waals surface area contributed by atoms with E-state index in [0.29, 0.717) is 25.0 Å². The first kappa shape index (κ1) is 12.8. The Kier molecular flexibility index (Phi) is 3.04. The molecule has 0 radical (unpaired) electrons. The molecule has 1 fully saturated rings. The molecule has 1 saturated carbocycles. The van der Waals surface area contributed by atoms with Crippen molar-refractivity contribution in [1.82, 2.24) is 19.5 Å². The average Bonchev–Trinajstić information content (AvgIpc) is 3.06. The van der Waals surface area contributed by atoms with E-state index in [9.17, 15) is 4.79 Å². The van der Waals surface area contributed by atoms with Crippen LogP contribution in [0.5, 0.6) is 0 Å². The molecule has 1 aliphatic carbocycles. The molecular weight excluding hydrogens is 258 g/mol. The molecule has 1 aliphatic rings. The number of ether oxygens (including phenoxy) is 1. The van der Waals surface area contributed by atoms with Crippen LogP contribution in [0, 0.1) is 12.8 Å². The smallest absolute Gasteiger partial charge is 0.293 e. The van der Waals surface area contributed by atoms with Gasteiger partial charge < -0.3 is 14.2 Å². The zero-order valence-corrected chi connectivity index (χ0v) is 11.8. The van der Waals surface area contributed by atoms with Gasteiger partial charge in [-0.3, -0.25) is 4.79 Å². The van der Waals surface area contributed by atoms with Crippen molar-refractivity contribution in [2.75, 3.05) is 25.6 Å². The number of carbonyl (C=O) groups is 1. The van der Waals surface area contributed by atoms with Crippen molar-refractivity contribution in [3.8, 4) is 0 Å². The summed E-state index contributed by atoms with van der Waals surface area (Å²) >= 11 is 0. The van der Waals surface area contributed by atoms with Crippen LogP contribution in [0.1, 0.15) is 18.3 Å². The van der Waals surface area contributed by atoms with Crippen LogP contribution in [0.2, 0.25) is 0 Å². The summed E-state index contributed by atoms with van der Waals surface area (Å²) in [5, 5.41) is 0. The molecule has 7 heteroatoms. The van der Waals surface area contributed by atoms with Gasteiger partial charge in [0.25, 0.3) is 6.47 Å². The van der Waals surface area contributed by atoms with Gasteiger partial charge in [0.15, 0.2) is 17.0 Å². The molecule has 7 nitrogen and oxygen atoms in total. The minimum atomic E-state index is 0.310. The lowest BCUT2D eigenvalue weighted by Gasteiger charge is -2.12. The van der Waals surface area contributed by atoms with Crippen LogP contribution in [0.15, 0.2) is 6.33 Å². The van der Waals surface area contributed by atoms with E-state index in [4.69, 9.17) is 4.74 Å². The third-order valence-corrected chi connectivity index (χ3v) is 3.56. The second-order valence-electron chi connectivity index (χ2n) is 5.31. The zero-order chi connectivity index (χ0) is 14.3. The second kappa shape index (κ2) is 4.73. The first-order chi connectivity index (χ1) is 9.61. The van der Waals surface area contributed by atoms with Crippen LogP contribution in [-0.2, 0) is 9.53 Å². The largest absolute Gasteiger partial charge is 0.468 e. The maximum atomic E-state index is 10.2. The molecule has 3 rings (SSSR count). The number of hydrogen-bond donors (Lipinski definition) is 0. The maximum Gasteiger partial charge on any atom is 0.293 e. The van der Waals surface area contributed by atoms with Gasteiger partial charge in [-0.2, -0.15) is 0 Å². The number of imidazole rings is 1. The average molecular weight is 275 g/mol. The van der Waals surface area contributed by atoms with Crippen LogP contribution >= 0.6 is 0 Å². The molecule has 0 amide bonds. The summed E-state index contributed by atoms with van der Waals surface area (Å²) < 4.78 is 6.89. The summed E-state index contributed by atoms with van der Waals surface area (Å²) in [6.07, 6.45) is 2.79. The van der Waals surface area contributed by atoms with Gasteiger partial charge in [0, 0.05) is 26.1 Å². The van der Waals surface area contributed by atoms with E-state index in [1.807, 2.05) is 25.9 Å². The molecule has 0 spiro atoms. The Morgan fingerprint density at radius 1 is 1.50 bits per heavy atom.